The quantitative estimate of drug-likeness (QED) is 0.352. The molecule has 5 rings (SSSR count). The number of para-hydroxylation sites is 1. The van der Waals surface area contributed by atoms with Crippen molar-refractivity contribution in [3.05, 3.63) is 68.7 Å². The summed E-state index contributed by atoms with van der Waals surface area (Å²) in [5, 5.41) is 0.429. The Morgan fingerprint density at radius 3 is 2.68 bits per heavy atom. The van der Waals surface area contributed by atoms with Gasteiger partial charge in [0.25, 0.3) is 5.56 Å². The first-order valence-corrected chi connectivity index (χ1v) is 12.9. The molecule has 0 radical (unpaired) electrons. The molecule has 0 amide bonds. The lowest BCUT2D eigenvalue weighted by atomic mass is 10.1. The summed E-state index contributed by atoms with van der Waals surface area (Å²) in [4.78, 5) is 33.3. The van der Waals surface area contributed by atoms with Gasteiger partial charge in [-0.25, -0.2) is 9.78 Å². The topological polar surface area (TPSA) is 124 Å². The minimum Gasteiger partial charge on any atom is -0.496 e. The maximum absolute atomic E-state index is 14.0. The molecule has 3 aromatic heterocycles. The standard InChI is InChI=1S/C26H30N4O6S/c1-15-20-23(31)30(26(2,3)14-27)25(32)29(24(20)37-21(15)22-28-10-12-35-22)13-18(36-19-9-11-34-19)16-7-5-6-8-17(16)33-4/h5-8,10,12,18-19H,9,11,13-14,27H2,1-4H3/t18-,19?/m0/s1. The highest BCUT2D eigenvalue weighted by molar-refractivity contribution is 7.22. The zero-order valence-electron chi connectivity index (χ0n) is 21.2. The van der Waals surface area contributed by atoms with E-state index in [9.17, 15) is 9.59 Å². The number of nitrogens with zero attached hydrogens (tertiary/aromatic N) is 3. The fraction of sp³-hybridized carbons (Fsp3) is 0.423. The highest BCUT2D eigenvalue weighted by Crippen LogP contribution is 2.37. The molecule has 10 nitrogen and oxygen atoms in total. The summed E-state index contributed by atoms with van der Waals surface area (Å²) in [6, 6.07) is 7.52. The van der Waals surface area contributed by atoms with Gasteiger partial charge in [0.1, 0.15) is 22.9 Å². The Morgan fingerprint density at radius 1 is 1.30 bits per heavy atom. The molecule has 1 aliphatic heterocycles. The average Bonchev–Trinajstić information content (AvgIpc) is 3.50. The van der Waals surface area contributed by atoms with Crippen LogP contribution in [-0.2, 0) is 21.6 Å². The fourth-order valence-electron chi connectivity index (χ4n) is 4.49. The molecule has 1 aromatic carbocycles. The maximum Gasteiger partial charge on any atom is 0.332 e. The normalized spacial score (nSPS) is 16.6. The summed E-state index contributed by atoms with van der Waals surface area (Å²) in [6.07, 6.45) is 2.81. The number of aryl methyl sites for hydroxylation is 1. The second-order valence-electron chi connectivity index (χ2n) is 9.58. The zero-order chi connectivity index (χ0) is 26.3. The van der Waals surface area contributed by atoms with E-state index in [0.29, 0.717) is 38.9 Å². The number of methoxy groups -OCH3 is 1. The molecule has 4 aromatic rings. The molecule has 0 spiro atoms. The first-order chi connectivity index (χ1) is 17.8. The van der Waals surface area contributed by atoms with Crippen molar-refractivity contribution in [3.8, 4) is 16.5 Å². The minimum absolute atomic E-state index is 0.103. The zero-order valence-corrected chi connectivity index (χ0v) is 22.0. The molecule has 2 N–H and O–H groups in total. The summed E-state index contributed by atoms with van der Waals surface area (Å²) in [5.74, 6) is 1.02. The van der Waals surface area contributed by atoms with Crippen LogP contribution in [0.3, 0.4) is 0 Å². The van der Waals surface area contributed by atoms with Crippen LogP contribution >= 0.6 is 11.3 Å². The number of nitrogens with two attached hydrogens (primary N) is 1. The summed E-state index contributed by atoms with van der Waals surface area (Å²) in [6.45, 7) is 6.24. The fourth-order valence-corrected chi connectivity index (χ4v) is 5.73. The number of fused-ring (bicyclic) bond motifs is 1. The molecule has 1 unspecified atom stereocenters. The second kappa shape index (κ2) is 9.90. The van der Waals surface area contributed by atoms with E-state index in [1.807, 2.05) is 31.2 Å². The lowest BCUT2D eigenvalue weighted by Crippen LogP contribution is -2.52. The van der Waals surface area contributed by atoms with Crippen LogP contribution in [0.2, 0.25) is 0 Å². The summed E-state index contributed by atoms with van der Waals surface area (Å²) in [7, 11) is 1.59. The third-order valence-corrected chi connectivity index (χ3v) is 8.05. The van der Waals surface area contributed by atoms with Gasteiger partial charge in [-0.2, -0.15) is 0 Å². The van der Waals surface area contributed by atoms with Crippen molar-refractivity contribution in [2.45, 2.75) is 51.7 Å². The van der Waals surface area contributed by atoms with Crippen LogP contribution in [0.15, 0.2) is 50.7 Å². The van der Waals surface area contributed by atoms with E-state index in [2.05, 4.69) is 4.98 Å². The Bertz CT molecular complexity index is 1530. The van der Waals surface area contributed by atoms with Crippen molar-refractivity contribution in [3.63, 3.8) is 0 Å². The maximum atomic E-state index is 14.0. The van der Waals surface area contributed by atoms with E-state index in [4.69, 9.17) is 24.4 Å². The van der Waals surface area contributed by atoms with Gasteiger partial charge >= 0.3 is 5.69 Å². The molecular weight excluding hydrogens is 496 g/mol. The van der Waals surface area contributed by atoms with Crippen molar-refractivity contribution < 1.29 is 18.6 Å². The largest absolute Gasteiger partial charge is 0.496 e. The van der Waals surface area contributed by atoms with Gasteiger partial charge in [0, 0.05) is 18.5 Å². The number of thiophene rings is 1. The summed E-state index contributed by atoms with van der Waals surface area (Å²) in [5.41, 5.74) is 5.72. The molecule has 1 saturated heterocycles. The number of benzene rings is 1. The van der Waals surface area contributed by atoms with Gasteiger partial charge < -0.3 is 24.4 Å². The highest BCUT2D eigenvalue weighted by atomic mass is 32.1. The number of rotatable bonds is 9. The molecule has 1 aliphatic rings. The van der Waals surface area contributed by atoms with E-state index in [0.717, 1.165) is 12.0 Å². The molecule has 4 heterocycles. The minimum atomic E-state index is -0.917. The Balaban J connectivity index is 1.76. The smallest absolute Gasteiger partial charge is 0.332 e. The number of oxazole rings is 1. The van der Waals surface area contributed by atoms with Crippen LogP contribution in [0, 0.1) is 6.92 Å². The van der Waals surface area contributed by atoms with Crippen molar-refractivity contribution in [1.29, 1.82) is 0 Å². The van der Waals surface area contributed by atoms with Crippen molar-refractivity contribution in [2.75, 3.05) is 20.3 Å². The van der Waals surface area contributed by atoms with E-state index in [-0.39, 0.29) is 19.4 Å². The van der Waals surface area contributed by atoms with Crippen LogP contribution in [0.4, 0.5) is 0 Å². The molecule has 0 saturated carbocycles. The Hall–Kier alpha value is -3.25. The predicted octanol–water partition coefficient (Wildman–Crippen LogP) is 3.39. The monoisotopic (exact) mass is 526 g/mol. The van der Waals surface area contributed by atoms with Crippen molar-refractivity contribution in [2.24, 2.45) is 5.73 Å². The molecule has 11 heteroatoms. The summed E-state index contributed by atoms with van der Waals surface area (Å²) >= 11 is 1.29. The summed E-state index contributed by atoms with van der Waals surface area (Å²) < 4.78 is 25.8. The van der Waals surface area contributed by atoms with E-state index >= 15 is 0 Å². The first-order valence-electron chi connectivity index (χ1n) is 12.1. The van der Waals surface area contributed by atoms with Crippen LogP contribution in [0.1, 0.15) is 37.5 Å². The van der Waals surface area contributed by atoms with Gasteiger partial charge in [-0.15, -0.1) is 11.3 Å². The number of ether oxygens (including phenoxy) is 3. The number of hydrogen-bond donors (Lipinski definition) is 1. The van der Waals surface area contributed by atoms with E-state index < -0.39 is 22.9 Å². The van der Waals surface area contributed by atoms with Crippen LogP contribution in [0.5, 0.6) is 5.75 Å². The lowest BCUT2D eigenvalue weighted by molar-refractivity contribution is -0.239. The molecule has 196 valence electrons. The lowest BCUT2D eigenvalue weighted by Gasteiger charge is -2.32. The SMILES string of the molecule is COc1ccccc1[C@H](Cn1c(=O)n(C(C)(C)CN)c(=O)c2c(C)c(-c3ncco3)sc21)OC1CCO1. The molecule has 37 heavy (non-hydrogen) atoms. The third-order valence-electron chi connectivity index (χ3n) is 6.75. The highest BCUT2D eigenvalue weighted by Gasteiger charge is 2.32. The molecule has 0 bridgehead atoms. The third kappa shape index (κ3) is 4.42. The molecular formula is C26H30N4O6S. The van der Waals surface area contributed by atoms with Gasteiger partial charge in [0.15, 0.2) is 6.29 Å². The molecule has 1 fully saturated rings. The number of hydrogen-bond acceptors (Lipinski definition) is 9. The molecule has 0 aliphatic carbocycles. The Morgan fingerprint density at radius 2 is 2.05 bits per heavy atom. The Kier molecular flexibility index (Phi) is 6.80. The van der Waals surface area contributed by atoms with Gasteiger partial charge in [0.2, 0.25) is 5.89 Å². The van der Waals surface area contributed by atoms with Gasteiger partial charge in [-0.3, -0.25) is 13.9 Å². The van der Waals surface area contributed by atoms with E-state index in [1.165, 1.54) is 22.2 Å². The van der Waals surface area contributed by atoms with Crippen LogP contribution < -0.4 is 21.7 Å². The van der Waals surface area contributed by atoms with Gasteiger partial charge in [-0.05, 0) is 32.4 Å². The van der Waals surface area contributed by atoms with Crippen LogP contribution in [-0.4, -0.2) is 40.7 Å². The average molecular weight is 527 g/mol. The van der Waals surface area contributed by atoms with Crippen molar-refractivity contribution >= 4 is 21.6 Å². The predicted molar refractivity (Wildman–Crippen MR) is 140 cm³/mol. The number of aromatic nitrogens is 3. The van der Waals surface area contributed by atoms with Crippen LogP contribution in [0.25, 0.3) is 21.0 Å². The van der Waals surface area contributed by atoms with Gasteiger partial charge in [0.05, 0.1) is 42.3 Å². The van der Waals surface area contributed by atoms with Crippen molar-refractivity contribution in [1.82, 2.24) is 14.1 Å². The Labute approximate surface area is 217 Å². The molecule has 2 atom stereocenters. The van der Waals surface area contributed by atoms with Gasteiger partial charge in [-0.1, -0.05) is 18.2 Å². The second-order valence-corrected chi connectivity index (χ2v) is 10.6. The first kappa shape index (κ1) is 25.4. The van der Waals surface area contributed by atoms with E-state index in [1.54, 1.807) is 31.7 Å².